The van der Waals surface area contributed by atoms with E-state index in [9.17, 15) is 14.4 Å². The van der Waals surface area contributed by atoms with E-state index in [1.165, 1.54) is 7.11 Å². The van der Waals surface area contributed by atoms with E-state index in [-0.39, 0.29) is 17.9 Å². The van der Waals surface area contributed by atoms with E-state index in [4.69, 9.17) is 32.7 Å². The second-order valence-corrected chi connectivity index (χ2v) is 9.51. The lowest BCUT2D eigenvalue weighted by Crippen LogP contribution is -2.45. The fraction of sp³-hybridized carbons (Fsp3) is 0.375. The minimum absolute atomic E-state index is 0.212. The normalized spacial score (nSPS) is 13.8. The molecule has 1 aliphatic heterocycles. The second-order valence-electron chi connectivity index (χ2n) is 8.69. The molecular weight excluding hydrogens is 467 g/mol. The first-order valence-corrected chi connectivity index (χ1v) is 11.2. The molecule has 7 nitrogen and oxygen atoms in total. The predicted octanol–water partition coefficient (Wildman–Crippen LogP) is 4.81. The molecule has 9 heteroatoms. The molecule has 1 aliphatic rings. The summed E-state index contributed by atoms with van der Waals surface area (Å²) >= 11 is 12.4. The molecule has 33 heavy (non-hydrogen) atoms. The summed E-state index contributed by atoms with van der Waals surface area (Å²) < 4.78 is 10.1. The molecule has 0 bridgehead atoms. The predicted molar refractivity (Wildman–Crippen MR) is 127 cm³/mol. The first kappa shape index (κ1) is 24.9. The van der Waals surface area contributed by atoms with Crippen molar-refractivity contribution in [3.05, 3.63) is 63.1 Å². The van der Waals surface area contributed by atoms with Gasteiger partial charge in [0.25, 0.3) is 5.91 Å². The Hall–Kier alpha value is -2.77. The van der Waals surface area contributed by atoms with Crippen molar-refractivity contribution in [3.8, 4) is 0 Å². The van der Waals surface area contributed by atoms with Gasteiger partial charge in [-0.3, -0.25) is 4.79 Å². The number of amides is 2. The summed E-state index contributed by atoms with van der Waals surface area (Å²) in [6.45, 7) is 5.70. The number of hydrogen-bond acceptors (Lipinski definition) is 5. The maximum atomic E-state index is 13.1. The number of nitrogens with zero attached hydrogens (tertiary/aromatic N) is 1. The van der Waals surface area contributed by atoms with Crippen molar-refractivity contribution in [2.45, 2.75) is 45.3 Å². The highest BCUT2D eigenvalue weighted by atomic mass is 35.5. The van der Waals surface area contributed by atoms with E-state index in [2.05, 4.69) is 5.32 Å². The number of methoxy groups -OCH3 is 1. The monoisotopic (exact) mass is 492 g/mol. The van der Waals surface area contributed by atoms with Gasteiger partial charge in [-0.2, -0.15) is 0 Å². The average molecular weight is 493 g/mol. The van der Waals surface area contributed by atoms with Crippen molar-refractivity contribution in [1.82, 2.24) is 5.32 Å². The number of carbonyl (C=O) groups excluding carboxylic acids is 3. The fourth-order valence-electron chi connectivity index (χ4n) is 3.65. The number of hydrogen-bond donors (Lipinski definition) is 1. The second kappa shape index (κ2) is 10.0. The van der Waals surface area contributed by atoms with Crippen LogP contribution in [-0.2, 0) is 27.1 Å². The molecule has 1 unspecified atom stereocenters. The summed E-state index contributed by atoms with van der Waals surface area (Å²) in [6.07, 6.45) is 0.149. The van der Waals surface area contributed by atoms with Gasteiger partial charge in [0.15, 0.2) is 0 Å². The van der Waals surface area contributed by atoms with Crippen molar-refractivity contribution >= 4 is 46.9 Å². The van der Waals surface area contributed by atoms with Crippen LogP contribution in [0, 0.1) is 0 Å². The van der Waals surface area contributed by atoms with Gasteiger partial charge in [-0.05, 0) is 56.5 Å². The molecule has 0 aromatic heterocycles. The molecule has 0 fully saturated rings. The zero-order valence-corrected chi connectivity index (χ0v) is 20.4. The number of benzene rings is 2. The molecule has 2 aromatic rings. The summed E-state index contributed by atoms with van der Waals surface area (Å²) in [5, 5.41) is 3.17. The summed E-state index contributed by atoms with van der Waals surface area (Å²) in [5.41, 5.74) is 2.09. The first-order chi connectivity index (χ1) is 15.5. The Kier molecular flexibility index (Phi) is 7.55. The summed E-state index contributed by atoms with van der Waals surface area (Å²) in [7, 11) is 1.26. The zero-order valence-electron chi connectivity index (χ0n) is 18.9. The number of alkyl carbamates (subject to hydrolysis) is 1. The van der Waals surface area contributed by atoms with E-state index < -0.39 is 23.7 Å². The maximum absolute atomic E-state index is 13.1. The van der Waals surface area contributed by atoms with Gasteiger partial charge in [0.1, 0.15) is 11.6 Å². The third-order valence-corrected chi connectivity index (χ3v) is 5.71. The van der Waals surface area contributed by atoms with Gasteiger partial charge in [-0.15, -0.1) is 0 Å². The number of ether oxygens (including phenoxy) is 2. The highest BCUT2D eigenvalue weighted by Crippen LogP contribution is 2.33. The molecule has 0 saturated carbocycles. The molecule has 2 amide bonds. The lowest BCUT2D eigenvalue weighted by Gasteiger charge is -2.23. The summed E-state index contributed by atoms with van der Waals surface area (Å²) in [4.78, 5) is 39.2. The molecule has 0 radical (unpaired) electrons. The van der Waals surface area contributed by atoms with E-state index in [0.717, 1.165) is 16.8 Å². The van der Waals surface area contributed by atoms with Gasteiger partial charge >= 0.3 is 12.1 Å². The van der Waals surface area contributed by atoms with Crippen molar-refractivity contribution < 1.29 is 23.9 Å². The van der Waals surface area contributed by atoms with Crippen molar-refractivity contribution in [2.24, 2.45) is 0 Å². The molecule has 0 saturated heterocycles. The lowest BCUT2D eigenvalue weighted by molar-refractivity contribution is -0.143. The van der Waals surface area contributed by atoms with Crippen LogP contribution < -0.4 is 10.2 Å². The van der Waals surface area contributed by atoms with E-state index in [1.807, 2.05) is 18.2 Å². The molecule has 1 N–H and O–H groups in total. The molecule has 0 spiro atoms. The van der Waals surface area contributed by atoms with E-state index in [1.54, 1.807) is 43.9 Å². The van der Waals surface area contributed by atoms with Gasteiger partial charge in [-0.1, -0.05) is 41.4 Å². The van der Waals surface area contributed by atoms with Crippen LogP contribution in [0.3, 0.4) is 0 Å². The third-order valence-electron chi connectivity index (χ3n) is 5.08. The number of rotatable bonds is 5. The number of nitrogens with one attached hydrogen (secondary N) is 1. The molecule has 1 atom stereocenters. The van der Waals surface area contributed by atoms with Crippen molar-refractivity contribution in [3.63, 3.8) is 0 Å². The van der Waals surface area contributed by atoms with Crippen LogP contribution in [-0.4, -0.2) is 43.3 Å². The molecule has 176 valence electrons. The standard InChI is InChI=1S/C24H26Cl2N2O5/c1-24(2,3)33-23(31)27-18(22(30)32-4)13-14-8-9-19-15(12-14)10-11-28(19)21(29)20-16(25)6-5-7-17(20)26/h5-9,12,18H,10-11,13H2,1-4H3,(H,27,31). The number of fused-ring (bicyclic) bond motifs is 1. The van der Waals surface area contributed by atoms with Gasteiger partial charge in [0, 0.05) is 18.7 Å². The Bertz CT molecular complexity index is 1060. The van der Waals surface area contributed by atoms with Crippen molar-refractivity contribution in [2.75, 3.05) is 18.6 Å². The van der Waals surface area contributed by atoms with E-state index >= 15 is 0 Å². The molecule has 0 aliphatic carbocycles. The molecule has 2 aromatic carbocycles. The van der Waals surface area contributed by atoms with Crippen LogP contribution in [0.2, 0.25) is 10.0 Å². The topological polar surface area (TPSA) is 84.9 Å². The maximum Gasteiger partial charge on any atom is 0.408 e. The van der Waals surface area contributed by atoms with Gasteiger partial charge in [0.2, 0.25) is 0 Å². The quantitative estimate of drug-likeness (QED) is 0.605. The highest BCUT2D eigenvalue weighted by Gasteiger charge is 2.30. The van der Waals surface area contributed by atoms with Crippen molar-refractivity contribution in [1.29, 1.82) is 0 Å². The van der Waals surface area contributed by atoms with Crippen LogP contribution in [0.4, 0.5) is 10.5 Å². The first-order valence-electron chi connectivity index (χ1n) is 10.4. The van der Waals surface area contributed by atoms with Gasteiger partial charge in [0.05, 0.1) is 22.7 Å². The smallest absolute Gasteiger partial charge is 0.408 e. The summed E-state index contributed by atoms with van der Waals surface area (Å²) in [6, 6.07) is 9.59. The minimum Gasteiger partial charge on any atom is -0.467 e. The number of halogens is 2. The highest BCUT2D eigenvalue weighted by molar-refractivity contribution is 6.40. The molecule has 3 rings (SSSR count). The average Bonchev–Trinajstić information content (AvgIpc) is 3.14. The number of esters is 1. The fourth-order valence-corrected chi connectivity index (χ4v) is 4.21. The lowest BCUT2D eigenvalue weighted by atomic mass is 10.0. The SMILES string of the molecule is COC(=O)C(Cc1ccc2c(c1)CCN2C(=O)c1c(Cl)cccc1Cl)NC(=O)OC(C)(C)C. The Labute approximate surface area is 202 Å². The van der Waals surface area contributed by atoms with Crippen LogP contribution >= 0.6 is 23.2 Å². The van der Waals surface area contributed by atoms with Crippen LogP contribution in [0.5, 0.6) is 0 Å². The van der Waals surface area contributed by atoms with Gasteiger partial charge < -0.3 is 19.7 Å². The van der Waals surface area contributed by atoms with Gasteiger partial charge in [-0.25, -0.2) is 9.59 Å². The van der Waals surface area contributed by atoms with Crippen LogP contribution in [0.15, 0.2) is 36.4 Å². The van der Waals surface area contributed by atoms with Crippen LogP contribution in [0.1, 0.15) is 42.3 Å². The summed E-state index contributed by atoms with van der Waals surface area (Å²) in [5.74, 6) is -0.845. The zero-order chi connectivity index (χ0) is 24.3. The Morgan fingerprint density at radius 3 is 2.39 bits per heavy atom. The number of anilines is 1. The Morgan fingerprint density at radius 1 is 1.12 bits per heavy atom. The largest absolute Gasteiger partial charge is 0.467 e. The Morgan fingerprint density at radius 2 is 1.79 bits per heavy atom. The van der Waals surface area contributed by atoms with E-state index in [0.29, 0.717) is 23.0 Å². The minimum atomic E-state index is -0.913. The Balaban J connectivity index is 1.79. The third kappa shape index (κ3) is 5.97. The number of carbonyl (C=O) groups is 3. The molecule has 1 heterocycles. The molecular formula is C24H26Cl2N2O5. The van der Waals surface area contributed by atoms with Crippen LogP contribution in [0.25, 0.3) is 0 Å².